The number of phenols is 1. The second kappa shape index (κ2) is 14.2. The van der Waals surface area contributed by atoms with Gasteiger partial charge in [0.2, 0.25) is 21.8 Å². The maximum absolute atomic E-state index is 14.3. The van der Waals surface area contributed by atoms with Gasteiger partial charge in [-0.15, -0.1) is 0 Å². The standard InChI is InChI=1S/C29H29Cl2FN4O7S/c30-20-5-1-18(2-6-20)29(19-3-7-21(31)8-4-19)35-16-24(17-35)36(23-11-22(32)12-25(37)13-23)44(42,43)10-9-33-27(39)15-34-26(38)14-28(40)41/h1-8,11-13,24,29,37H,9-10,14-17H2,(H,33,39)(H,34,38)(H,40,41). The van der Waals surface area contributed by atoms with Crippen LogP contribution in [0, 0.1) is 5.82 Å². The Morgan fingerprint density at radius 1 is 0.932 bits per heavy atom. The molecule has 2 amide bonds. The molecule has 44 heavy (non-hydrogen) atoms. The van der Waals surface area contributed by atoms with Crippen LogP contribution in [0.1, 0.15) is 23.6 Å². The summed E-state index contributed by atoms with van der Waals surface area (Å²) in [6.07, 6.45) is -0.813. The number of sulfonamides is 1. The number of carbonyl (C=O) groups excluding carboxylic acids is 2. The molecule has 234 valence electrons. The largest absolute Gasteiger partial charge is 0.508 e. The Bertz CT molecular complexity index is 1550. The van der Waals surface area contributed by atoms with E-state index in [-0.39, 0.29) is 31.4 Å². The van der Waals surface area contributed by atoms with Crippen molar-refractivity contribution in [2.75, 3.05) is 36.2 Å². The molecule has 1 aliphatic rings. The predicted octanol–water partition coefficient (Wildman–Crippen LogP) is 3.16. The minimum atomic E-state index is -4.19. The van der Waals surface area contributed by atoms with E-state index in [2.05, 4.69) is 10.6 Å². The van der Waals surface area contributed by atoms with Gasteiger partial charge in [-0.05, 0) is 41.5 Å². The van der Waals surface area contributed by atoms with Crippen LogP contribution in [0.3, 0.4) is 0 Å². The van der Waals surface area contributed by atoms with Gasteiger partial charge in [0, 0.05) is 41.8 Å². The number of benzene rings is 3. The molecule has 1 saturated heterocycles. The van der Waals surface area contributed by atoms with Crippen molar-refractivity contribution in [3.8, 4) is 5.75 Å². The first-order valence-corrected chi connectivity index (χ1v) is 15.7. The first-order chi connectivity index (χ1) is 20.8. The molecule has 0 aromatic heterocycles. The van der Waals surface area contributed by atoms with Crippen molar-refractivity contribution in [1.29, 1.82) is 0 Å². The quantitative estimate of drug-likeness (QED) is 0.203. The zero-order valence-corrected chi connectivity index (χ0v) is 25.4. The van der Waals surface area contributed by atoms with E-state index in [1.165, 1.54) is 0 Å². The molecule has 0 atom stereocenters. The zero-order valence-electron chi connectivity index (χ0n) is 23.1. The Balaban J connectivity index is 1.51. The third kappa shape index (κ3) is 8.59. The van der Waals surface area contributed by atoms with Crippen LogP contribution >= 0.6 is 23.2 Å². The smallest absolute Gasteiger partial charge is 0.312 e. The van der Waals surface area contributed by atoms with E-state index in [1.54, 1.807) is 24.3 Å². The number of aromatic hydroxyl groups is 1. The summed E-state index contributed by atoms with van der Waals surface area (Å²) in [6.45, 7) is -0.396. The van der Waals surface area contributed by atoms with Crippen LogP contribution < -0.4 is 14.9 Å². The average Bonchev–Trinajstić information content (AvgIpc) is 2.91. The average molecular weight is 668 g/mol. The fourth-order valence-electron chi connectivity index (χ4n) is 4.90. The van der Waals surface area contributed by atoms with Crippen LogP contribution in [-0.2, 0) is 24.4 Å². The second-order valence-electron chi connectivity index (χ2n) is 10.1. The molecule has 0 aliphatic carbocycles. The van der Waals surface area contributed by atoms with Crippen LogP contribution in [0.4, 0.5) is 10.1 Å². The fourth-order valence-corrected chi connectivity index (χ4v) is 6.72. The predicted molar refractivity (Wildman–Crippen MR) is 163 cm³/mol. The Kier molecular flexibility index (Phi) is 10.7. The Labute approximate surface area is 263 Å². The number of aliphatic carboxylic acids is 1. The van der Waals surface area contributed by atoms with E-state index in [1.807, 2.05) is 29.2 Å². The number of hydrogen-bond donors (Lipinski definition) is 4. The minimum absolute atomic E-state index is 0.0750. The Hall–Kier alpha value is -3.91. The van der Waals surface area contributed by atoms with Gasteiger partial charge in [0.1, 0.15) is 18.0 Å². The minimum Gasteiger partial charge on any atom is -0.508 e. The third-order valence-corrected chi connectivity index (χ3v) is 9.15. The highest BCUT2D eigenvalue weighted by Crippen LogP contribution is 2.37. The molecule has 4 N–H and O–H groups in total. The van der Waals surface area contributed by atoms with Crippen LogP contribution in [-0.4, -0.2) is 79.3 Å². The number of nitrogens with one attached hydrogen (secondary N) is 2. The Morgan fingerprint density at radius 2 is 1.50 bits per heavy atom. The number of carboxylic acids is 1. The molecule has 11 nitrogen and oxygen atoms in total. The van der Waals surface area contributed by atoms with Crippen LogP contribution in [0.15, 0.2) is 66.7 Å². The van der Waals surface area contributed by atoms with Crippen molar-refractivity contribution >= 4 is 56.7 Å². The zero-order chi connectivity index (χ0) is 32.0. The van der Waals surface area contributed by atoms with Gasteiger partial charge >= 0.3 is 5.97 Å². The van der Waals surface area contributed by atoms with Gasteiger partial charge in [0.15, 0.2) is 0 Å². The topological polar surface area (TPSA) is 156 Å². The van der Waals surface area contributed by atoms with Crippen molar-refractivity contribution in [1.82, 2.24) is 15.5 Å². The molecule has 15 heteroatoms. The summed E-state index contributed by atoms with van der Waals surface area (Å²) in [6, 6.07) is 16.6. The van der Waals surface area contributed by atoms with Gasteiger partial charge in [0.25, 0.3) is 0 Å². The number of nitrogens with zero attached hydrogens (tertiary/aromatic N) is 2. The van der Waals surface area contributed by atoms with E-state index in [0.717, 1.165) is 33.6 Å². The van der Waals surface area contributed by atoms with Gasteiger partial charge in [-0.25, -0.2) is 12.8 Å². The first-order valence-electron chi connectivity index (χ1n) is 13.3. The van der Waals surface area contributed by atoms with Gasteiger partial charge in [-0.2, -0.15) is 0 Å². The molecule has 0 saturated carbocycles. The molecule has 0 spiro atoms. The fraction of sp³-hybridized carbons (Fsp3) is 0.276. The number of carbonyl (C=O) groups is 3. The summed E-state index contributed by atoms with van der Waals surface area (Å²) >= 11 is 12.2. The number of hydrogen-bond acceptors (Lipinski definition) is 7. The molecule has 3 aromatic rings. The summed E-state index contributed by atoms with van der Waals surface area (Å²) in [5, 5.41) is 24.3. The summed E-state index contributed by atoms with van der Waals surface area (Å²) in [5.74, 6) is -4.82. The summed E-state index contributed by atoms with van der Waals surface area (Å²) in [7, 11) is -4.19. The maximum atomic E-state index is 14.3. The lowest BCUT2D eigenvalue weighted by Crippen LogP contribution is -2.62. The molecule has 0 radical (unpaired) electrons. The van der Waals surface area contributed by atoms with Gasteiger partial charge in [0.05, 0.1) is 30.1 Å². The number of likely N-dealkylation sites (tertiary alicyclic amines) is 1. The first kappa shape index (κ1) is 33.0. The van der Waals surface area contributed by atoms with Gasteiger partial charge in [-0.3, -0.25) is 23.6 Å². The van der Waals surface area contributed by atoms with E-state index in [9.17, 15) is 32.3 Å². The summed E-state index contributed by atoms with van der Waals surface area (Å²) < 4.78 is 42.6. The van der Waals surface area contributed by atoms with Gasteiger partial charge in [-0.1, -0.05) is 47.5 Å². The number of carboxylic acid groups (broad SMARTS) is 1. The molecule has 3 aromatic carbocycles. The Morgan fingerprint density at radius 3 is 2.02 bits per heavy atom. The number of halogens is 3. The van der Waals surface area contributed by atoms with E-state index in [4.69, 9.17) is 28.3 Å². The second-order valence-corrected chi connectivity index (χ2v) is 12.9. The molecular formula is C29H29Cl2FN4O7S. The normalized spacial score (nSPS) is 13.7. The van der Waals surface area contributed by atoms with E-state index >= 15 is 0 Å². The van der Waals surface area contributed by atoms with E-state index in [0.29, 0.717) is 10.0 Å². The van der Waals surface area contributed by atoms with Crippen LogP contribution in [0.5, 0.6) is 5.75 Å². The number of rotatable bonds is 13. The lowest BCUT2D eigenvalue weighted by Gasteiger charge is -2.49. The highest BCUT2D eigenvalue weighted by molar-refractivity contribution is 7.92. The summed E-state index contributed by atoms with van der Waals surface area (Å²) in [4.78, 5) is 36.2. The lowest BCUT2D eigenvalue weighted by molar-refractivity contribution is -0.141. The van der Waals surface area contributed by atoms with Crippen molar-refractivity contribution in [2.24, 2.45) is 0 Å². The summed E-state index contributed by atoms with van der Waals surface area (Å²) in [5.41, 5.74) is 1.74. The molecule has 1 fully saturated rings. The number of amides is 2. The number of anilines is 1. The van der Waals surface area contributed by atoms with Crippen LogP contribution in [0.25, 0.3) is 0 Å². The monoisotopic (exact) mass is 666 g/mol. The molecule has 1 heterocycles. The van der Waals surface area contributed by atoms with Gasteiger partial charge < -0.3 is 20.8 Å². The third-order valence-electron chi connectivity index (χ3n) is 6.82. The molecule has 1 aliphatic heterocycles. The highest BCUT2D eigenvalue weighted by atomic mass is 35.5. The lowest BCUT2D eigenvalue weighted by atomic mass is 9.93. The highest BCUT2D eigenvalue weighted by Gasteiger charge is 2.42. The van der Waals surface area contributed by atoms with Crippen molar-refractivity contribution in [2.45, 2.75) is 18.5 Å². The molecule has 0 unspecified atom stereocenters. The molecule has 0 bridgehead atoms. The maximum Gasteiger partial charge on any atom is 0.312 e. The molecule has 4 rings (SSSR count). The van der Waals surface area contributed by atoms with Crippen molar-refractivity contribution in [3.05, 3.63) is 93.7 Å². The molecular weight excluding hydrogens is 638 g/mol. The van der Waals surface area contributed by atoms with Crippen molar-refractivity contribution in [3.63, 3.8) is 0 Å². The number of phenolic OH excluding ortho intramolecular Hbond substituents is 1. The van der Waals surface area contributed by atoms with E-state index < -0.39 is 64.1 Å². The van der Waals surface area contributed by atoms with Crippen LogP contribution in [0.2, 0.25) is 10.0 Å². The SMILES string of the molecule is O=C(O)CC(=O)NCC(=O)NCCS(=O)(=O)N(c1cc(O)cc(F)c1)C1CN(C(c2ccc(Cl)cc2)c2ccc(Cl)cc2)C1. The van der Waals surface area contributed by atoms with Crippen molar-refractivity contribution < 1.29 is 37.4 Å².